The molecule has 7 heteroatoms. The third kappa shape index (κ3) is 3.34. The number of sulfonamides is 1. The molecule has 1 aliphatic rings. The second kappa shape index (κ2) is 6.71. The van der Waals surface area contributed by atoms with E-state index in [4.69, 9.17) is 0 Å². The minimum atomic E-state index is -3.11. The molecule has 4 aromatic rings. The number of hydrogen-bond donors (Lipinski definition) is 2. The van der Waals surface area contributed by atoms with Crippen LogP contribution in [0.3, 0.4) is 0 Å². The number of benzene rings is 2. The quantitative estimate of drug-likeness (QED) is 0.518. The molecular formula is C22H22FN3O2S. The lowest BCUT2D eigenvalue weighted by atomic mass is 9.94. The molecule has 2 aromatic carbocycles. The molecule has 0 radical (unpaired) electrons. The van der Waals surface area contributed by atoms with Crippen LogP contribution in [-0.4, -0.2) is 42.0 Å². The van der Waals surface area contributed by atoms with Gasteiger partial charge in [0.2, 0.25) is 10.0 Å². The molecule has 1 aliphatic heterocycles. The number of H-pyrrole nitrogens is 2. The monoisotopic (exact) mass is 411 g/mol. The van der Waals surface area contributed by atoms with E-state index in [9.17, 15) is 12.8 Å². The van der Waals surface area contributed by atoms with E-state index in [1.54, 1.807) is 10.4 Å². The van der Waals surface area contributed by atoms with Crippen LogP contribution >= 0.6 is 0 Å². The maximum absolute atomic E-state index is 13.5. The molecule has 2 aromatic heterocycles. The van der Waals surface area contributed by atoms with E-state index >= 15 is 0 Å². The third-order valence-corrected chi connectivity index (χ3v) is 7.26. The van der Waals surface area contributed by atoms with Gasteiger partial charge in [-0.1, -0.05) is 6.07 Å². The molecular weight excluding hydrogens is 389 g/mol. The Kier molecular flexibility index (Phi) is 4.26. The maximum atomic E-state index is 13.5. The van der Waals surface area contributed by atoms with Crippen LogP contribution in [0.2, 0.25) is 0 Å². The predicted molar refractivity (Wildman–Crippen MR) is 114 cm³/mol. The first kappa shape index (κ1) is 18.4. The SMILES string of the molecule is CS(=O)(=O)N1CCC(c2cc3cc(-c4c[nH]c5cc(F)ccc45)ccc3[nH]2)CC1. The number of aromatic amines is 2. The molecule has 0 amide bonds. The van der Waals surface area contributed by atoms with Crippen molar-refractivity contribution in [2.24, 2.45) is 0 Å². The van der Waals surface area contributed by atoms with E-state index in [2.05, 4.69) is 34.2 Å². The highest BCUT2D eigenvalue weighted by Crippen LogP contribution is 2.34. The molecule has 5 rings (SSSR count). The summed E-state index contributed by atoms with van der Waals surface area (Å²) in [6, 6.07) is 13.3. The molecule has 0 spiro atoms. The van der Waals surface area contributed by atoms with Crippen LogP contribution < -0.4 is 0 Å². The van der Waals surface area contributed by atoms with Gasteiger partial charge in [-0.05, 0) is 54.8 Å². The molecule has 1 fully saturated rings. The van der Waals surface area contributed by atoms with Gasteiger partial charge in [0.25, 0.3) is 0 Å². The van der Waals surface area contributed by atoms with Gasteiger partial charge in [-0.15, -0.1) is 0 Å². The molecule has 3 heterocycles. The van der Waals surface area contributed by atoms with Gasteiger partial charge in [-0.3, -0.25) is 0 Å². The Balaban J connectivity index is 1.45. The highest BCUT2D eigenvalue weighted by molar-refractivity contribution is 7.88. The Morgan fingerprint density at radius 2 is 1.83 bits per heavy atom. The number of halogens is 1. The van der Waals surface area contributed by atoms with Crippen LogP contribution in [0.15, 0.2) is 48.7 Å². The van der Waals surface area contributed by atoms with E-state index in [0.717, 1.165) is 51.5 Å². The van der Waals surface area contributed by atoms with E-state index in [1.165, 1.54) is 18.4 Å². The lowest BCUT2D eigenvalue weighted by molar-refractivity contribution is 0.319. The van der Waals surface area contributed by atoms with Gasteiger partial charge in [0.05, 0.1) is 6.26 Å². The van der Waals surface area contributed by atoms with Crippen LogP contribution in [-0.2, 0) is 10.0 Å². The van der Waals surface area contributed by atoms with Crippen LogP contribution in [0.4, 0.5) is 4.39 Å². The highest BCUT2D eigenvalue weighted by atomic mass is 32.2. The van der Waals surface area contributed by atoms with Crippen molar-refractivity contribution in [3.8, 4) is 11.1 Å². The minimum absolute atomic E-state index is 0.251. The molecule has 0 bridgehead atoms. The van der Waals surface area contributed by atoms with Crippen LogP contribution in [0.1, 0.15) is 24.5 Å². The largest absolute Gasteiger partial charge is 0.360 e. The summed E-state index contributed by atoms with van der Waals surface area (Å²) < 4.78 is 38.5. The van der Waals surface area contributed by atoms with Gasteiger partial charge in [-0.25, -0.2) is 17.1 Å². The van der Waals surface area contributed by atoms with E-state index in [0.29, 0.717) is 19.0 Å². The van der Waals surface area contributed by atoms with Gasteiger partial charge in [0.1, 0.15) is 5.82 Å². The summed E-state index contributed by atoms with van der Waals surface area (Å²) in [6.45, 7) is 1.13. The summed E-state index contributed by atoms with van der Waals surface area (Å²) in [5.41, 5.74) is 5.14. The Bertz CT molecular complexity index is 1310. The zero-order chi connectivity index (χ0) is 20.2. The van der Waals surface area contributed by atoms with Crippen molar-refractivity contribution >= 4 is 31.8 Å². The van der Waals surface area contributed by atoms with Gasteiger partial charge in [0.15, 0.2) is 0 Å². The van der Waals surface area contributed by atoms with Crippen LogP contribution in [0.25, 0.3) is 32.9 Å². The minimum Gasteiger partial charge on any atom is -0.360 e. The van der Waals surface area contributed by atoms with Crippen molar-refractivity contribution in [1.29, 1.82) is 0 Å². The van der Waals surface area contributed by atoms with Crippen molar-refractivity contribution in [3.05, 3.63) is 60.2 Å². The fourth-order valence-electron chi connectivity index (χ4n) is 4.38. The summed E-state index contributed by atoms with van der Waals surface area (Å²) >= 11 is 0. The molecule has 0 saturated carbocycles. The fraction of sp³-hybridized carbons (Fsp3) is 0.273. The number of fused-ring (bicyclic) bond motifs is 2. The van der Waals surface area contributed by atoms with Gasteiger partial charge in [-0.2, -0.15) is 0 Å². The average Bonchev–Trinajstić information content (AvgIpc) is 3.30. The second-order valence-electron chi connectivity index (χ2n) is 7.86. The zero-order valence-electron chi connectivity index (χ0n) is 16.1. The lowest BCUT2D eigenvalue weighted by Crippen LogP contribution is -2.37. The molecule has 5 nitrogen and oxygen atoms in total. The number of nitrogens with zero attached hydrogens (tertiary/aromatic N) is 1. The van der Waals surface area contributed by atoms with E-state index < -0.39 is 10.0 Å². The summed E-state index contributed by atoms with van der Waals surface area (Å²) in [7, 11) is -3.11. The summed E-state index contributed by atoms with van der Waals surface area (Å²) in [5.74, 6) is 0.0819. The smallest absolute Gasteiger partial charge is 0.211 e. The van der Waals surface area contributed by atoms with Crippen LogP contribution in [0.5, 0.6) is 0 Å². The van der Waals surface area contributed by atoms with Crippen molar-refractivity contribution < 1.29 is 12.8 Å². The van der Waals surface area contributed by atoms with Crippen molar-refractivity contribution in [1.82, 2.24) is 14.3 Å². The summed E-state index contributed by atoms with van der Waals surface area (Å²) in [4.78, 5) is 6.66. The molecule has 29 heavy (non-hydrogen) atoms. The van der Waals surface area contributed by atoms with Gasteiger partial charge >= 0.3 is 0 Å². The first-order chi connectivity index (χ1) is 13.9. The molecule has 0 aliphatic carbocycles. The van der Waals surface area contributed by atoms with Crippen molar-refractivity contribution in [2.75, 3.05) is 19.3 Å². The Hall–Kier alpha value is -2.64. The van der Waals surface area contributed by atoms with E-state index in [-0.39, 0.29) is 5.82 Å². The number of piperidine rings is 1. The Morgan fingerprint density at radius 3 is 2.59 bits per heavy atom. The number of nitrogens with one attached hydrogen (secondary N) is 2. The number of aromatic nitrogens is 2. The fourth-order valence-corrected chi connectivity index (χ4v) is 5.25. The third-order valence-electron chi connectivity index (χ3n) is 5.96. The number of hydrogen-bond acceptors (Lipinski definition) is 2. The average molecular weight is 412 g/mol. The lowest BCUT2D eigenvalue weighted by Gasteiger charge is -2.29. The molecule has 0 atom stereocenters. The molecule has 1 saturated heterocycles. The highest BCUT2D eigenvalue weighted by Gasteiger charge is 2.26. The normalized spacial score (nSPS) is 16.8. The van der Waals surface area contributed by atoms with Crippen molar-refractivity contribution in [3.63, 3.8) is 0 Å². The zero-order valence-corrected chi connectivity index (χ0v) is 16.9. The van der Waals surface area contributed by atoms with E-state index in [1.807, 2.05) is 6.20 Å². The molecule has 2 N–H and O–H groups in total. The Labute approximate surface area is 168 Å². The summed E-state index contributed by atoms with van der Waals surface area (Å²) in [6.07, 6.45) is 4.83. The van der Waals surface area contributed by atoms with Gasteiger partial charge < -0.3 is 9.97 Å². The second-order valence-corrected chi connectivity index (χ2v) is 9.84. The van der Waals surface area contributed by atoms with Crippen molar-refractivity contribution in [2.45, 2.75) is 18.8 Å². The predicted octanol–water partition coefficient (Wildman–Crippen LogP) is 4.59. The topological polar surface area (TPSA) is 69.0 Å². The Morgan fingerprint density at radius 1 is 1.03 bits per heavy atom. The molecule has 150 valence electrons. The first-order valence-electron chi connectivity index (χ1n) is 9.73. The van der Waals surface area contributed by atoms with Gasteiger partial charge in [0, 0.05) is 58.3 Å². The standard InChI is InChI=1S/C22H22FN3O2S/c1-29(27,28)26-8-6-14(7-9-26)21-11-16-10-15(2-5-20(16)25-21)19-13-24-22-12-17(23)3-4-18(19)22/h2-5,10-14,24-25H,6-9H2,1H3. The summed E-state index contributed by atoms with van der Waals surface area (Å²) in [5, 5.41) is 2.12. The number of rotatable bonds is 3. The maximum Gasteiger partial charge on any atom is 0.211 e. The van der Waals surface area contributed by atoms with Crippen LogP contribution in [0, 0.1) is 5.82 Å². The first-order valence-corrected chi connectivity index (χ1v) is 11.6. The molecule has 0 unspecified atom stereocenters.